The summed E-state index contributed by atoms with van der Waals surface area (Å²) in [6.45, 7) is 3.38. The summed E-state index contributed by atoms with van der Waals surface area (Å²) in [5.41, 5.74) is 2.20. The predicted octanol–water partition coefficient (Wildman–Crippen LogP) is 1.97. The van der Waals surface area contributed by atoms with E-state index in [1.807, 2.05) is 31.2 Å². The lowest BCUT2D eigenvalue weighted by molar-refractivity contribution is -0.384. The molecule has 0 aliphatic carbocycles. The average Bonchev–Trinajstić information content (AvgIpc) is 2.56. The van der Waals surface area contributed by atoms with Crippen molar-refractivity contribution in [3.05, 3.63) is 69.8 Å². The summed E-state index contributed by atoms with van der Waals surface area (Å²) in [6.07, 6.45) is 0. The van der Waals surface area contributed by atoms with Crippen LogP contribution in [0.25, 0.3) is 0 Å². The molecule has 0 atom stereocenters. The van der Waals surface area contributed by atoms with E-state index in [0.717, 1.165) is 5.56 Å². The van der Waals surface area contributed by atoms with E-state index in [0.29, 0.717) is 13.1 Å². The third kappa shape index (κ3) is 4.85. The van der Waals surface area contributed by atoms with Gasteiger partial charge in [-0.05, 0) is 30.2 Å². The van der Waals surface area contributed by atoms with Crippen LogP contribution in [0.5, 0.6) is 0 Å². The second kappa shape index (κ2) is 8.00. The molecule has 0 heterocycles. The maximum atomic E-state index is 12.1. The molecule has 2 N–H and O–H groups in total. The zero-order valence-corrected chi connectivity index (χ0v) is 14.0. The van der Waals surface area contributed by atoms with Crippen LogP contribution in [0.3, 0.4) is 0 Å². The Morgan fingerprint density at radius 3 is 2.33 bits per heavy atom. The minimum Gasteiger partial charge on any atom is -0.311 e. The van der Waals surface area contributed by atoms with Crippen molar-refractivity contribution in [3.8, 4) is 0 Å². The van der Waals surface area contributed by atoms with E-state index in [1.54, 1.807) is 0 Å². The third-order valence-corrected chi connectivity index (χ3v) is 5.01. The van der Waals surface area contributed by atoms with Crippen molar-refractivity contribution in [2.45, 2.75) is 18.4 Å². The third-order valence-electron chi connectivity index (χ3n) is 3.53. The fourth-order valence-corrected chi connectivity index (χ4v) is 3.17. The number of aryl methyl sites for hydroxylation is 1. The van der Waals surface area contributed by atoms with Crippen molar-refractivity contribution in [1.82, 2.24) is 10.0 Å². The molecule has 0 spiro atoms. The Bertz CT molecular complexity index is 804. The first-order chi connectivity index (χ1) is 11.4. The molecular formula is C16H19N3O4S. The van der Waals surface area contributed by atoms with E-state index in [-0.39, 0.29) is 17.1 Å². The number of rotatable bonds is 8. The summed E-state index contributed by atoms with van der Waals surface area (Å²) in [6, 6.07) is 12.8. The van der Waals surface area contributed by atoms with Crippen LogP contribution in [0.15, 0.2) is 53.4 Å². The molecule has 0 fully saturated rings. The van der Waals surface area contributed by atoms with Crippen LogP contribution in [-0.2, 0) is 16.6 Å². The molecular weight excluding hydrogens is 330 g/mol. The Morgan fingerprint density at radius 2 is 1.71 bits per heavy atom. The second-order valence-corrected chi connectivity index (χ2v) is 7.02. The number of nitrogens with one attached hydrogen (secondary N) is 2. The minimum absolute atomic E-state index is 0.00649. The van der Waals surface area contributed by atoms with Crippen LogP contribution >= 0.6 is 0 Å². The average molecular weight is 349 g/mol. The molecule has 0 saturated carbocycles. The zero-order chi connectivity index (χ0) is 17.6. The molecule has 0 amide bonds. The van der Waals surface area contributed by atoms with Gasteiger partial charge in [-0.2, -0.15) is 0 Å². The van der Waals surface area contributed by atoms with Gasteiger partial charge in [0.15, 0.2) is 0 Å². The van der Waals surface area contributed by atoms with E-state index in [4.69, 9.17) is 0 Å². The van der Waals surface area contributed by atoms with Crippen LogP contribution in [0.4, 0.5) is 5.69 Å². The van der Waals surface area contributed by atoms with Gasteiger partial charge in [-0.25, -0.2) is 13.1 Å². The van der Waals surface area contributed by atoms with Crippen LogP contribution < -0.4 is 10.0 Å². The smallest absolute Gasteiger partial charge is 0.269 e. The summed E-state index contributed by atoms with van der Waals surface area (Å²) in [4.78, 5) is 10.0. The number of nitro groups is 1. The maximum Gasteiger partial charge on any atom is 0.269 e. The predicted molar refractivity (Wildman–Crippen MR) is 91.2 cm³/mol. The molecule has 2 rings (SSSR count). The fraction of sp³-hybridized carbons (Fsp3) is 0.250. The molecule has 0 aliphatic heterocycles. The lowest BCUT2D eigenvalue weighted by Gasteiger charge is -2.09. The number of nitrogens with zero attached hydrogens (tertiary/aromatic N) is 1. The van der Waals surface area contributed by atoms with Crippen molar-refractivity contribution < 1.29 is 13.3 Å². The lowest BCUT2D eigenvalue weighted by Crippen LogP contribution is -2.31. The highest BCUT2D eigenvalue weighted by Gasteiger charge is 2.15. The fourth-order valence-electron chi connectivity index (χ4n) is 2.14. The Hall–Kier alpha value is -2.29. The van der Waals surface area contributed by atoms with E-state index in [2.05, 4.69) is 10.0 Å². The minimum atomic E-state index is -3.67. The topological polar surface area (TPSA) is 101 Å². The molecule has 0 aromatic heterocycles. The Kier molecular flexibility index (Phi) is 6.02. The molecule has 0 aliphatic rings. The van der Waals surface area contributed by atoms with Gasteiger partial charge in [-0.15, -0.1) is 0 Å². The molecule has 2 aromatic carbocycles. The number of non-ortho nitro benzene ring substituents is 1. The highest BCUT2D eigenvalue weighted by Crippen LogP contribution is 2.15. The summed E-state index contributed by atoms with van der Waals surface area (Å²) in [7, 11) is -3.67. The van der Waals surface area contributed by atoms with Crippen molar-refractivity contribution in [2.24, 2.45) is 0 Å². The van der Waals surface area contributed by atoms with Crippen molar-refractivity contribution >= 4 is 15.7 Å². The van der Waals surface area contributed by atoms with Gasteiger partial charge in [-0.3, -0.25) is 10.1 Å². The van der Waals surface area contributed by atoms with Gasteiger partial charge < -0.3 is 5.32 Å². The number of hydrogen-bond acceptors (Lipinski definition) is 5. The molecule has 2 aromatic rings. The number of sulfonamides is 1. The molecule has 128 valence electrons. The molecule has 0 bridgehead atoms. The van der Waals surface area contributed by atoms with Crippen LogP contribution in [0.1, 0.15) is 11.1 Å². The van der Waals surface area contributed by atoms with Gasteiger partial charge in [0, 0.05) is 31.8 Å². The number of hydrogen-bond donors (Lipinski definition) is 2. The molecule has 7 nitrogen and oxygen atoms in total. The quantitative estimate of drug-likeness (QED) is 0.431. The highest BCUT2D eigenvalue weighted by atomic mass is 32.2. The molecule has 0 unspecified atom stereocenters. The zero-order valence-electron chi connectivity index (χ0n) is 13.2. The highest BCUT2D eigenvalue weighted by molar-refractivity contribution is 7.89. The van der Waals surface area contributed by atoms with Gasteiger partial charge in [0.1, 0.15) is 0 Å². The monoisotopic (exact) mass is 349 g/mol. The molecule has 0 radical (unpaired) electrons. The summed E-state index contributed by atoms with van der Waals surface area (Å²) in [5, 5.41) is 13.8. The molecule has 8 heteroatoms. The standard InChI is InChI=1S/C16H19N3O4S/c1-13-4-2-3-5-14(13)12-17-10-11-18-24(22,23)16-8-6-15(7-9-16)19(20)21/h2-9,17-18H,10-12H2,1H3. The summed E-state index contributed by atoms with van der Waals surface area (Å²) < 4.78 is 26.6. The first kappa shape index (κ1) is 18.1. The first-order valence-electron chi connectivity index (χ1n) is 7.39. The van der Waals surface area contributed by atoms with Gasteiger partial charge in [0.2, 0.25) is 10.0 Å². The van der Waals surface area contributed by atoms with E-state index in [1.165, 1.54) is 29.8 Å². The van der Waals surface area contributed by atoms with Crippen molar-refractivity contribution in [1.29, 1.82) is 0 Å². The van der Waals surface area contributed by atoms with Crippen molar-refractivity contribution in [3.63, 3.8) is 0 Å². The van der Waals surface area contributed by atoms with Gasteiger partial charge in [-0.1, -0.05) is 24.3 Å². The van der Waals surface area contributed by atoms with E-state index < -0.39 is 14.9 Å². The van der Waals surface area contributed by atoms with Gasteiger partial charge in [0.25, 0.3) is 5.69 Å². The maximum absolute atomic E-state index is 12.1. The second-order valence-electron chi connectivity index (χ2n) is 5.25. The number of nitro benzene ring substituents is 1. The Morgan fingerprint density at radius 1 is 1.04 bits per heavy atom. The molecule has 0 saturated heterocycles. The van der Waals surface area contributed by atoms with Crippen LogP contribution in [0, 0.1) is 17.0 Å². The summed E-state index contributed by atoms with van der Waals surface area (Å²) in [5.74, 6) is 0. The number of benzene rings is 2. The normalized spacial score (nSPS) is 11.4. The van der Waals surface area contributed by atoms with E-state index >= 15 is 0 Å². The lowest BCUT2D eigenvalue weighted by atomic mass is 10.1. The van der Waals surface area contributed by atoms with Crippen LogP contribution in [0.2, 0.25) is 0 Å². The van der Waals surface area contributed by atoms with E-state index in [9.17, 15) is 18.5 Å². The van der Waals surface area contributed by atoms with Crippen molar-refractivity contribution in [2.75, 3.05) is 13.1 Å². The van der Waals surface area contributed by atoms with Gasteiger partial charge in [0.05, 0.1) is 9.82 Å². The van der Waals surface area contributed by atoms with Gasteiger partial charge >= 0.3 is 0 Å². The SMILES string of the molecule is Cc1ccccc1CNCCNS(=O)(=O)c1ccc([N+](=O)[O-])cc1. The Labute approximate surface area is 140 Å². The first-order valence-corrected chi connectivity index (χ1v) is 8.88. The summed E-state index contributed by atoms with van der Waals surface area (Å²) >= 11 is 0. The van der Waals surface area contributed by atoms with Crippen LogP contribution in [-0.4, -0.2) is 26.4 Å². The molecule has 24 heavy (non-hydrogen) atoms. The largest absolute Gasteiger partial charge is 0.311 e. The Balaban J connectivity index is 1.82.